The predicted molar refractivity (Wildman–Crippen MR) is 87.7 cm³/mol. The van der Waals surface area contributed by atoms with Gasteiger partial charge in [0.1, 0.15) is 0 Å². The van der Waals surface area contributed by atoms with Crippen molar-refractivity contribution in [1.82, 2.24) is 14.9 Å². The zero-order chi connectivity index (χ0) is 14.8. The highest BCUT2D eigenvalue weighted by Gasteiger charge is 2.26. The number of rotatable bonds is 5. The molecule has 3 rings (SSSR count). The molecule has 1 aliphatic carbocycles. The lowest BCUT2D eigenvalue weighted by molar-refractivity contribution is -0.120. The Balaban J connectivity index is 1.72. The first kappa shape index (κ1) is 14.7. The van der Waals surface area contributed by atoms with Gasteiger partial charge in [0.05, 0.1) is 5.25 Å². The summed E-state index contributed by atoms with van der Waals surface area (Å²) in [6, 6.07) is 8.42. The zero-order valence-electron chi connectivity index (χ0n) is 11.6. The molecule has 4 nitrogen and oxygen atoms in total. The third-order valence-electron chi connectivity index (χ3n) is 3.29. The molecular formula is C15H16BrN3OS. The Morgan fingerprint density at radius 1 is 1.43 bits per heavy atom. The minimum atomic E-state index is -0.151. The first-order valence-electron chi connectivity index (χ1n) is 6.90. The lowest BCUT2D eigenvalue weighted by Gasteiger charge is -2.12. The summed E-state index contributed by atoms with van der Waals surface area (Å²) in [7, 11) is 0. The number of imidazole rings is 1. The largest absolute Gasteiger partial charge is 0.352 e. The smallest absolute Gasteiger partial charge is 0.233 e. The van der Waals surface area contributed by atoms with Crippen LogP contribution in [0.2, 0.25) is 0 Å². The SMILES string of the molecule is CC(Sc1nccn1-c1ccc(Br)cc1)C(=O)NC1CC1. The number of hydrogen-bond acceptors (Lipinski definition) is 3. The van der Waals surface area contributed by atoms with Crippen molar-refractivity contribution >= 4 is 33.6 Å². The Labute approximate surface area is 136 Å². The number of carbonyl (C=O) groups is 1. The number of benzene rings is 1. The van der Waals surface area contributed by atoms with Crippen LogP contribution in [0.5, 0.6) is 0 Å². The molecule has 1 aromatic carbocycles. The predicted octanol–water partition coefficient (Wildman–Crippen LogP) is 3.39. The van der Waals surface area contributed by atoms with E-state index >= 15 is 0 Å². The number of hydrogen-bond donors (Lipinski definition) is 1. The van der Waals surface area contributed by atoms with E-state index in [1.807, 2.05) is 42.0 Å². The molecule has 1 aromatic heterocycles. The molecule has 6 heteroatoms. The van der Waals surface area contributed by atoms with E-state index in [2.05, 4.69) is 26.2 Å². The van der Waals surface area contributed by atoms with Crippen LogP contribution in [-0.2, 0) is 4.79 Å². The van der Waals surface area contributed by atoms with Crippen molar-refractivity contribution in [1.29, 1.82) is 0 Å². The second kappa shape index (κ2) is 6.23. The van der Waals surface area contributed by atoms with E-state index in [-0.39, 0.29) is 11.2 Å². The van der Waals surface area contributed by atoms with Crippen LogP contribution in [0.25, 0.3) is 5.69 Å². The molecule has 110 valence electrons. The van der Waals surface area contributed by atoms with Crippen molar-refractivity contribution in [3.05, 3.63) is 41.1 Å². The van der Waals surface area contributed by atoms with Crippen molar-refractivity contribution < 1.29 is 4.79 Å². The van der Waals surface area contributed by atoms with Gasteiger partial charge < -0.3 is 5.32 Å². The van der Waals surface area contributed by atoms with Crippen LogP contribution in [0.3, 0.4) is 0 Å². The number of nitrogens with one attached hydrogen (secondary N) is 1. The van der Waals surface area contributed by atoms with Gasteiger partial charge in [-0.3, -0.25) is 9.36 Å². The summed E-state index contributed by atoms with van der Waals surface area (Å²) < 4.78 is 3.04. The summed E-state index contributed by atoms with van der Waals surface area (Å²) in [5.41, 5.74) is 1.04. The molecule has 1 fully saturated rings. The van der Waals surface area contributed by atoms with Crippen LogP contribution in [0.4, 0.5) is 0 Å². The number of halogens is 1. The molecule has 0 bridgehead atoms. The lowest BCUT2D eigenvalue weighted by atomic mass is 10.3. The number of thioether (sulfide) groups is 1. The number of aromatic nitrogens is 2. The van der Waals surface area contributed by atoms with E-state index in [0.29, 0.717) is 6.04 Å². The van der Waals surface area contributed by atoms with Crippen molar-refractivity contribution in [2.75, 3.05) is 0 Å². The molecule has 1 amide bonds. The maximum absolute atomic E-state index is 12.0. The Kier molecular flexibility index (Phi) is 4.35. The van der Waals surface area contributed by atoms with E-state index in [0.717, 1.165) is 28.2 Å². The molecule has 0 saturated heterocycles. The quantitative estimate of drug-likeness (QED) is 0.826. The lowest BCUT2D eigenvalue weighted by Crippen LogP contribution is -2.32. The second-order valence-electron chi connectivity index (χ2n) is 5.10. The summed E-state index contributed by atoms with van der Waals surface area (Å²) >= 11 is 4.91. The minimum Gasteiger partial charge on any atom is -0.352 e. The van der Waals surface area contributed by atoms with Crippen LogP contribution in [-0.4, -0.2) is 26.8 Å². The van der Waals surface area contributed by atoms with Crippen LogP contribution in [0.15, 0.2) is 46.3 Å². The van der Waals surface area contributed by atoms with Crippen molar-refractivity contribution in [2.45, 2.75) is 36.2 Å². The first-order valence-corrected chi connectivity index (χ1v) is 8.57. The standard InChI is InChI=1S/C15H16BrN3OS/c1-10(14(20)18-12-4-5-12)21-15-17-8-9-19(15)13-6-2-11(16)3-7-13/h2-3,6-10,12H,4-5H2,1H3,(H,18,20). The van der Waals surface area contributed by atoms with E-state index in [1.165, 1.54) is 11.8 Å². The van der Waals surface area contributed by atoms with Gasteiger partial charge in [0, 0.05) is 28.6 Å². The Bertz CT molecular complexity index is 637. The fourth-order valence-electron chi connectivity index (χ4n) is 1.93. The maximum Gasteiger partial charge on any atom is 0.233 e. The Hall–Kier alpha value is -1.27. The van der Waals surface area contributed by atoms with Crippen LogP contribution >= 0.6 is 27.7 Å². The van der Waals surface area contributed by atoms with E-state index in [1.54, 1.807) is 6.20 Å². The monoisotopic (exact) mass is 365 g/mol. The molecule has 21 heavy (non-hydrogen) atoms. The van der Waals surface area contributed by atoms with Crippen LogP contribution < -0.4 is 5.32 Å². The topological polar surface area (TPSA) is 46.9 Å². The number of nitrogens with zero attached hydrogens (tertiary/aromatic N) is 2. The average Bonchev–Trinajstić information content (AvgIpc) is 3.16. The summed E-state index contributed by atoms with van der Waals surface area (Å²) in [5.74, 6) is 0.0906. The van der Waals surface area contributed by atoms with E-state index < -0.39 is 0 Å². The van der Waals surface area contributed by atoms with E-state index in [9.17, 15) is 4.79 Å². The van der Waals surface area contributed by atoms with Crippen molar-refractivity contribution in [3.63, 3.8) is 0 Å². The molecule has 1 N–H and O–H groups in total. The summed E-state index contributed by atoms with van der Waals surface area (Å²) in [4.78, 5) is 16.4. The second-order valence-corrected chi connectivity index (χ2v) is 7.32. The summed E-state index contributed by atoms with van der Waals surface area (Å²) in [5, 5.41) is 3.71. The highest BCUT2D eigenvalue weighted by atomic mass is 79.9. The fraction of sp³-hybridized carbons (Fsp3) is 0.333. The molecule has 1 aliphatic rings. The normalized spacial score (nSPS) is 15.7. The molecule has 1 atom stereocenters. The number of amides is 1. The van der Waals surface area contributed by atoms with Crippen molar-refractivity contribution in [2.24, 2.45) is 0 Å². The van der Waals surface area contributed by atoms with Gasteiger partial charge in [0.2, 0.25) is 5.91 Å². The van der Waals surface area contributed by atoms with Gasteiger partial charge in [-0.25, -0.2) is 4.98 Å². The molecule has 1 saturated carbocycles. The van der Waals surface area contributed by atoms with Gasteiger partial charge in [-0.2, -0.15) is 0 Å². The van der Waals surface area contributed by atoms with Gasteiger partial charge in [0.15, 0.2) is 5.16 Å². The van der Waals surface area contributed by atoms with Gasteiger partial charge in [-0.05, 0) is 44.0 Å². The molecule has 1 unspecified atom stereocenters. The summed E-state index contributed by atoms with van der Waals surface area (Å²) in [6.45, 7) is 1.92. The minimum absolute atomic E-state index is 0.0906. The molecule has 1 heterocycles. The third kappa shape index (κ3) is 3.68. The highest BCUT2D eigenvalue weighted by Crippen LogP contribution is 2.26. The van der Waals surface area contributed by atoms with Crippen LogP contribution in [0.1, 0.15) is 19.8 Å². The molecule has 0 spiro atoms. The molecular weight excluding hydrogens is 350 g/mol. The van der Waals surface area contributed by atoms with Crippen LogP contribution in [0, 0.1) is 0 Å². The van der Waals surface area contributed by atoms with Gasteiger partial charge in [-0.15, -0.1) is 0 Å². The fourth-order valence-corrected chi connectivity index (χ4v) is 3.09. The van der Waals surface area contributed by atoms with Gasteiger partial charge in [-0.1, -0.05) is 27.7 Å². The average molecular weight is 366 g/mol. The molecule has 2 aromatic rings. The van der Waals surface area contributed by atoms with E-state index in [4.69, 9.17) is 0 Å². The highest BCUT2D eigenvalue weighted by molar-refractivity contribution is 9.10. The maximum atomic E-state index is 12.0. The van der Waals surface area contributed by atoms with Crippen molar-refractivity contribution in [3.8, 4) is 5.69 Å². The zero-order valence-corrected chi connectivity index (χ0v) is 14.0. The summed E-state index contributed by atoms with van der Waals surface area (Å²) in [6.07, 6.45) is 5.89. The van der Waals surface area contributed by atoms with Gasteiger partial charge in [0.25, 0.3) is 0 Å². The molecule has 0 aliphatic heterocycles. The Morgan fingerprint density at radius 2 is 2.14 bits per heavy atom. The number of carbonyl (C=O) groups excluding carboxylic acids is 1. The van der Waals surface area contributed by atoms with Gasteiger partial charge >= 0.3 is 0 Å². The molecule has 0 radical (unpaired) electrons. The Morgan fingerprint density at radius 3 is 2.81 bits per heavy atom. The third-order valence-corrected chi connectivity index (χ3v) is 4.90. The first-order chi connectivity index (χ1) is 10.1.